The fraction of sp³-hybridized carbons (Fsp3) is 0.500. The van der Waals surface area contributed by atoms with Crippen LogP contribution in [-0.4, -0.2) is 23.3 Å². The van der Waals surface area contributed by atoms with Crippen LogP contribution in [-0.2, 0) is 21.4 Å². The lowest BCUT2D eigenvalue weighted by atomic mass is 9.82. The van der Waals surface area contributed by atoms with Gasteiger partial charge in [-0.25, -0.2) is 4.79 Å². The fourth-order valence-corrected chi connectivity index (χ4v) is 4.43. The Morgan fingerprint density at radius 3 is 2.57 bits per heavy atom. The van der Waals surface area contributed by atoms with Crippen LogP contribution >= 0.6 is 0 Å². The summed E-state index contributed by atoms with van der Waals surface area (Å²) in [6.07, 6.45) is 3.21. The van der Waals surface area contributed by atoms with E-state index in [0.29, 0.717) is 0 Å². The van der Waals surface area contributed by atoms with Gasteiger partial charge in [0.2, 0.25) is 0 Å². The summed E-state index contributed by atoms with van der Waals surface area (Å²) in [7, 11) is 0. The van der Waals surface area contributed by atoms with Gasteiger partial charge >= 0.3 is 5.97 Å². The predicted molar refractivity (Wildman–Crippen MR) is 118 cm³/mol. The van der Waals surface area contributed by atoms with Crippen molar-refractivity contribution < 1.29 is 19.4 Å². The highest BCUT2D eigenvalue weighted by Gasteiger charge is 2.43. The number of carboxylic acids is 1. The molecule has 160 valence electrons. The second-order valence-corrected chi connectivity index (χ2v) is 10.0. The molecular weight excluding hydrogens is 376 g/mol. The standard InChI is InChI=1S/C26H32O4/c1-16-8-10-19(26(5)12-13-26)22(21(16)23(24(27)28)30-25(2,3)4)18-9-11-20-17(15-18)7-6-14-29-20/h8-11,15,23H,6-7,12-14H2,1-5H3,(H,27,28). The van der Waals surface area contributed by atoms with Crippen molar-refractivity contribution in [1.29, 1.82) is 0 Å². The number of aryl methyl sites for hydroxylation is 2. The third-order valence-electron chi connectivity index (χ3n) is 6.27. The predicted octanol–water partition coefficient (Wildman–Crippen LogP) is 5.98. The summed E-state index contributed by atoms with van der Waals surface area (Å²) in [5.41, 5.74) is 5.75. The van der Waals surface area contributed by atoms with E-state index in [1.165, 1.54) is 11.1 Å². The zero-order chi connectivity index (χ0) is 21.7. The molecule has 0 amide bonds. The van der Waals surface area contributed by atoms with E-state index < -0.39 is 17.7 Å². The van der Waals surface area contributed by atoms with E-state index in [4.69, 9.17) is 9.47 Å². The molecule has 1 aliphatic carbocycles. The first-order chi connectivity index (χ1) is 14.1. The Bertz CT molecular complexity index is 979. The minimum atomic E-state index is -1.02. The third kappa shape index (κ3) is 3.98. The van der Waals surface area contributed by atoms with Gasteiger partial charge in [0, 0.05) is 5.56 Å². The van der Waals surface area contributed by atoms with Crippen molar-refractivity contribution >= 4 is 5.97 Å². The number of hydrogen-bond acceptors (Lipinski definition) is 3. The van der Waals surface area contributed by atoms with Gasteiger partial charge in [-0.1, -0.05) is 25.1 Å². The van der Waals surface area contributed by atoms with Gasteiger partial charge in [-0.3, -0.25) is 0 Å². The molecule has 2 aliphatic rings. The maximum atomic E-state index is 12.4. The Morgan fingerprint density at radius 2 is 1.93 bits per heavy atom. The highest BCUT2D eigenvalue weighted by atomic mass is 16.5. The molecule has 1 fully saturated rings. The first-order valence-electron chi connectivity index (χ1n) is 10.9. The number of fused-ring (bicyclic) bond motifs is 1. The quantitative estimate of drug-likeness (QED) is 0.661. The lowest BCUT2D eigenvalue weighted by Crippen LogP contribution is -2.28. The number of ether oxygens (including phenoxy) is 2. The summed E-state index contributed by atoms with van der Waals surface area (Å²) in [5, 5.41) is 10.1. The Kier molecular flexibility index (Phi) is 5.17. The summed E-state index contributed by atoms with van der Waals surface area (Å²) in [4.78, 5) is 12.4. The molecule has 1 atom stereocenters. The average Bonchev–Trinajstić information content (AvgIpc) is 3.43. The molecule has 4 nitrogen and oxygen atoms in total. The molecule has 2 aromatic carbocycles. The zero-order valence-corrected chi connectivity index (χ0v) is 18.7. The van der Waals surface area contributed by atoms with E-state index >= 15 is 0 Å². The smallest absolute Gasteiger partial charge is 0.337 e. The highest BCUT2D eigenvalue weighted by Crippen LogP contribution is 2.53. The molecule has 0 aromatic heterocycles. The fourth-order valence-electron chi connectivity index (χ4n) is 4.43. The van der Waals surface area contributed by atoms with E-state index in [-0.39, 0.29) is 5.41 Å². The van der Waals surface area contributed by atoms with Gasteiger partial charge in [-0.15, -0.1) is 0 Å². The van der Waals surface area contributed by atoms with Crippen LogP contribution in [0, 0.1) is 6.92 Å². The maximum Gasteiger partial charge on any atom is 0.337 e. The van der Waals surface area contributed by atoms with Crippen molar-refractivity contribution in [3.63, 3.8) is 0 Å². The highest BCUT2D eigenvalue weighted by molar-refractivity contribution is 5.83. The number of hydrogen-bond donors (Lipinski definition) is 1. The Balaban J connectivity index is 1.95. The summed E-state index contributed by atoms with van der Waals surface area (Å²) >= 11 is 0. The van der Waals surface area contributed by atoms with Gasteiger partial charge in [0.05, 0.1) is 12.2 Å². The summed E-state index contributed by atoms with van der Waals surface area (Å²) in [6.45, 7) is 10.7. The number of carbonyl (C=O) groups is 1. The minimum Gasteiger partial charge on any atom is -0.493 e. The van der Waals surface area contributed by atoms with Gasteiger partial charge in [0.25, 0.3) is 0 Å². The van der Waals surface area contributed by atoms with Crippen LogP contribution in [0.2, 0.25) is 0 Å². The van der Waals surface area contributed by atoms with Crippen molar-refractivity contribution in [3.8, 4) is 16.9 Å². The Hall–Kier alpha value is -2.33. The van der Waals surface area contributed by atoms with Crippen LogP contribution in [0.1, 0.15) is 75.3 Å². The lowest BCUT2D eigenvalue weighted by molar-refractivity contribution is -0.160. The summed E-state index contributed by atoms with van der Waals surface area (Å²) in [5.74, 6) is -0.00668. The van der Waals surface area contributed by atoms with Crippen molar-refractivity contribution in [2.75, 3.05) is 6.61 Å². The topological polar surface area (TPSA) is 55.8 Å². The molecule has 0 spiro atoms. The van der Waals surface area contributed by atoms with Gasteiger partial charge < -0.3 is 14.6 Å². The molecule has 30 heavy (non-hydrogen) atoms. The van der Waals surface area contributed by atoms with Gasteiger partial charge in [-0.2, -0.15) is 0 Å². The Labute approximate surface area is 179 Å². The molecular formula is C26H32O4. The van der Waals surface area contributed by atoms with Gasteiger partial charge in [0.1, 0.15) is 5.75 Å². The molecule has 0 radical (unpaired) electrons. The molecule has 0 saturated heterocycles. The van der Waals surface area contributed by atoms with Crippen molar-refractivity contribution in [2.45, 2.75) is 77.4 Å². The molecule has 2 aromatic rings. The lowest BCUT2D eigenvalue weighted by Gasteiger charge is -2.30. The molecule has 4 heteroatoms. The maximum absolute atomic E-state index is 12.4. The number of benzene rings is 2. The van der Waals surface area contributed by atoms with E-state index in [1.807, 2.05) is 33.8 Å². The monoisotopic (exact) mass is 408 g/mol. The molecule has 1 unspecified atom stereocenters. The summed E-state index contributed by atoms with van der Waals surface area (Å²) in [6, 6.07) is 10.6. The van der Waals surface area contributed by atoms with Gasteiger partial charge in [0.15, 0.2) is 6.10 Å². The van der Waals surface area contributed by atoms with E-state index in [9.17, 15) is 9.90 Å². The number of aliphatic carboxylic acids is 1. The van der Waals surface area contributed by atoms with E-state index in [0.717, 1.165) is 60.3 Å². The van der Waals surface area contributed by atoms with Crippen LogP contribution in [0.15, 0.2) is 30.3 Å². The van der Waals surface area contributed by atoms with E-state index in [1.54, 1.807) is 0 Å². The number of rotatable bonds is 5. The van der Waals surface area contributed by atoms with Crippen molar-refractivity contribution in [3.05, 3.63) is 52.6 Å². The first kappa shape index (κ1) is 20.9. The molecule has 4 rings (SSSR count). The first-order valence-corrected chi connectivity index (χ1v) is 10.9. The normalized spacial score (nSPS) is 18.3. The molecule has 1 N–H and O–H groups in total. The zero-order valence-electron chi connectivity index (χ0n) is 18.7. The van der Waals surface area contributed by atoms with Crippen LogP contribution in [0.3, 0.4) is 0 Å². The van der Waals surface area contributed by atoms with Crippen LogP contribution in [0.5, 0.6) is 5.75 Å². The summed E-state index contributed by atoms with van der Waals surface area (Å²) < 4.78 is 11.9. The van der Waals surface area contributed by atoms with Crippen molar-refractivity contribution in [1.82, 2.24) is 0 Å². The third-order valence-corrected chi connectivity index (χ3v) is 6.27. The van der Waals surface area contributed by atoms with Crippen LogP contribution in [0.25, 0.3) is 11.1 Å². The van der Waals surface area contributed by atoms with Crippen LogP contribution in [0.4, 0.5) is 0 Å². The Morgan fingerprint density at radius 1 is 1.20 bits per heavy atom. The minimum absolute atomic E-state index is 0.0922. The largest absolute Gasteiger partial charge is 0.493 e. The van der Waals surface area contributed by atoms with Crippen LogP contribution < -0.4 is 4.74 Å². The molecule has 0 bridgehead atoms. The van der Waals surface area contributed by atoms with E-state index in [2.05, 4.69) is 31.2 Å². The molecule has 1 saturated carbocycles. The van der Waals surface area contributed by atoms with Crippen molar-refractivity contribution in [2.24, 2.45) is 0 Å². The average molecular weight is 409 g/mol. The molecule has 1 heterocycles. The second kappa shape index (κ2) is 7.42. The molecule has 1 aliphatic heterocycles. The number of carboxylic acid groups (broad SMARTS) is 1. The second-order valence-electron chi connectivity index (χ2n) is 10.0. The SMILES string of the molecule is Cc1ccc(C2(C)CC2)c(-c2ccc3c(c2)CCCO3)c1C(OC(C)(C)C)C(=O)O. The van der Waals surface area contributed by atoms with Gasteiger partial charge in [-0.05, 0) is 98.7 Å².